The summed E-state index contributed by atoms with van der Waals surface area (Å²) >= 11 is 12.2. The molecular formula is C37H57Cl2N9O20. The van der Waals surface area contributed by atoms with E-state index in [-0.39, 0.29) is 50.8 Å². The molecule has 19 atom stereocenters. The first-order chi connectivity index (χ1) is 32.6. The van der Waals surface area contributed by atoms with Gasteiger partial charge in [-0.2, -0.15) is 0 Å². The standard InChI is InChI=1S/C37H57Cl2N9O20/c1-2-60-3-4-61-12-16-5-46(43-40-16)8-19-24(50)28(54)31(57)34(64-19)62-13-17-6-47(44-41-17)9-20-25(51)29(55)32(58)35(65-20)63-14-18-7-48(45-42-18)10-21-26(52)33(59)37(15-38,67-21)68-36-30(56)27(53)23(39)22(11-49)66-36/h5-7,19-36,49-59H,2-4,8-15H2,1H3/t19-,20-,21-,22-,23+,24-,25-,26-,27+,28+,29+,30?,31+,32+,33+,34+,35+,36-,37?/m1/s1. The molecule has 7 heterocycles. The maximum atomic E-state index is 11.0. The van der Waals surface area contributed by atoms with Crippen LogP contribution >= 0.6 is 23.2 Å². The van der Waals surface area contributed by atoms with Crippen LogP contribution in [0.4, 0.5) is 0 Å². The molecule has 4 saturated heterocycles. The van der Waals surface area contributed by atoms with Crippen LogP contribution in [0.1, 0.15) is 24.0 Å². The third kappa shape index (κ3) is 12.1. The average molecular weight is 1020 g/mol. The van der Waals surface area contributed by atoms with E-state index in [0.717, 1.165) is 0 Å². The molecule has 7 rings (SSSR count). The Balaban J connectivity index is 0.886. The average Bonchev–Trinajstić information content (AvgIpc) is 4.15. The van der Waals surface area contributed by atoms with Crippen molar-refractivity contribution in [3.8, 4) is 0 Å². The zero-order valence-electron chi connectivity index (χ0n) is 36.3. The largest absolute Gasteiger partial charge is 0.394 e. The molecule has 4 aliphatic rings. The molecule has 31 heteroatoms. The van der Waals surface area contributed by atoms with E-state index in [0.29, 0.717) is 25.5 Å². The molecule has 0 bridgehead atoms. The van der Waals surface area contributed by atoms with Gasteiger partial charge in [0.25, 0.3) is 0 Å². The number of aliphatic hydroxyl groups excluding tert-OH is 11. The molecule has 0 spiro atoms. The highest BCUT2D eigenvalue weighted by molar-refractivity contribution is 6.21. The number of halogens is 2. The minimum absolute atomic E-state index is 0.0508. The molecule has 11 N–H and O–H groups in total. The minimum atomic E-state index is -2.15. The van der Waals surface area contributed by atoms with Crippen LogP contribution in [0.2, 0.25) is 0 Å². The Bertz CT molecular complexity index is 2010. The van der Waals surface area contributed by atoms with Crippen LogP contribution in [0, 0.1) is 0 Å². The van der Waals surface area contributed by atoms with Gasteiger partial charge in [-0.25, -0.2) is 14.0 Å². The summed E-state index contributed by atoms with van der Waals surface area (Å²) in [4.78, 5) is 0. The van der Waals surface area contributed by atoms with Gasteiger partial charge in [0.2, 0.25) is 5.79 Å². The van der Waals surface area contributed by atoms with E-state index in [1.165, 1.54) is 26.4 Å². The number of aromatic nitrogens is 9. The molecule has 2 unspecified atom stereocenters. The van der Waals surface area contributed by atoms with E-state index < -0.39 is 128 Å². The Morgan fingerprint density at radius 3 is 1.51 bits per heavy atom. The fraction of sp³-hybridized carbons (Fsp3) is 0.838. The highest BCUT2D eigenvalue weighted by atomic mass is 35.5. The summed E-state index contributed by atoms with van der Waals surface area (Å²) in [6.07, 6.45) is -21.4. The summed E-state index contributed by atoms with van der Waals surface area (Å²) in [6, 6.07) is 0. The zero-order valence-corrected chi connectivity index (χ0v) is 37.8. The third-order valence-corrected chi connectivity index (χ3v) is 12.5. The van der Waals surface area contributed by atoms with Gasteiger partial charge >= 0.3 is 0 Å². The highest BCUT2D eigenvalue weighted by Gasteiger charge is 2.58. The fourth-order valence-corrected chi connectivity index (χ4v) is 8.37. The molecule has 0 aromatic carbocycles. The number of rotatable bonds is 22. The smallest absolute Gasteiger partial charge is 0.214 e. The van der Waals surface area contributed by atoms with Crippen molar-refractivity contribution >= 4 is 23.2 Å². The lowest BCUT2D eigenvalue weighted by atomic mass is 9.99. The van der Waals surface area contributed by atoms with Gasteiger partial charge in [0.1, 0.15) is 103 Å². The van der Waals surface area contributed by atoms with Gasteiger partial charge in [-0.3, -0.25) is 0 Å². The Labute approximate surface area is 396 Å². The normalized spacial score (nSPS) is 38.9. The lowest BCUT2D eigenvalue weighted by Gasteiger charge is -2.43. The maximum Gasteiger partial charge on any atom is 0.214 e. The van der Waals surface area contributed by atoms with Gasteiger partial charge in [0, 0.05) is 6.61 Å². The van der Waals surface area contributed by atoms with Gasteiger partial charge in [-0.15, -0.1) is 38.5 Å². The van der Waals surface area contributed by atoms with Crippen molar-refractivity contribution in [2.45, 2.75) is 162 Å². The van der Waals surface area contributed by atoms with Gasteiger partial charge in [-0.1, -0.05) is 15.6 Å². The molecule has 29 nitrogen and oxygen atoms in total. The topological polar surface area (TPSA) is 398 Å². The fourth-order valence-electron chi connectivity index (χ4n) is 7.80. The minimum Gasteiger partial charge on any atom is -0.394 e. The second kappa shape index (κ2) is 23.6. The van der Waals surface area contributed by atoms with Crippen LogP contribution < -0.4 is 0 Å². The van der Waals surface area contributed by atoms with Gasteiger partial charge in [0.05, 0.1) is 89.1 Å². The molecule has 0 amide bonds. The lowest BCUT2D eigenvalue weighted by molar-refractivity contribution is -0.358. The highest BCUT2D eigenvalue weighted by Crippen LogP contribution is 2.38. The number of alkyl halides is 2. The summed E-state index contributed by atoms with van der Waals surface area (Å²) in [5.74, 6) is -2.73. The number of hydrogen-bond donors (Lipinski definition) is 11. The molecule has 0 aliphatic carbocycles. The molecule has 68 heavy (non-hydrogen) atoms. The van der Waals surface area contributed by atoms with E-state index in [2.05, 4.69) is 30.9 Å². The summed E-state index contributed by atoms with van der Waals surface area (Å²) in [6.45, 7) is 1.66. The van der Waals surface area contributed by atoms with E-state index in [9.17, 15) is 56.2 Å². The van der Waals surface area contributed by atoms with E-state index >= 15 is 0 Å². The summed E-state index contributed by atoms with van der Waals surface area (Å²) in [7, 11) is 0. The van der Waals surface area contributed by atoms with Crippen molar-refractivity contribution in [2.75, 3.05) is 32.3 Å². The van der Waals surface area contributed by atoms with E-state index in [1.807, 2.05) is 6.92 Å². The summed E-state index contributed by atoms with van der Waals surface area (Å²) in [5, 5.41) is 139. The summed E-state index contributed by atoms with van der Waals surface area (Å²) < 4.78 is 54.7. The SMILES string of the molecule is CCOCCOCc1cn(C[C@H]2O[C@H](OCc3cn(C[C@H]4O[C@H](OCc5cn(C[C@H]6OC(CCl)(O[C@H]7O[C@H](CO)[C@H](Cl)[C@H](O)C7O)[C@@H](O)[C@@H]6O)nn5)[C@@H](O)[C@@H](O)[C@@H]4O)nn3)[C@@H](O)[C@@H](O)[C@@H]2O)nn1. The monoisotopic (exact) mass is 1020 g/mol. The maximum absolute atomic E-state index is 11.0. The van der Waals surface area contributed by atoms with Crippen molar-refractivity contribution in [3.63, 3.8) is 0 Å². The molecule has 3 aromatic heterocycles. The van der Waals surface area contributed by atoms with Crippen LogP contribution in [0.25, 0.3) is 0 Å². The van der Waals surface area contributed by atoms with Crippen molar-refractivity contribution in [1.82, 2.24) is 45.0 Å². The quantitative estimate of drug-likeness (QED) is 0.0329. The molecule has 384 valence electrons. The molecular weight excluding hydrogens is 961 g/mol. The van der Waals surface area contributed by atoms with Crippen LogP contribution in [0.15, 0.2) is 18.6 Å². The Hall–Kier alpha value is -2.80. The molecule has 0 radical (unpaired) electrons. The predicted octanol–water partition coefficient (Wildman–Crippen LogP) is -6.82. The molecule has 0 saturated carbocycles. The van der Waals surface area contributed by atoms with Crippen LogP contribution in [0.5, 0.6) is 0 Å². The van der Waals surface area contributed by atoms with Crippen molar-refractivity contribution in [2.24, 2.45) is 0 Å². The zero-order chi connectivity index (χ0) is 48.9. The number of nitrogens with zero attached hydrogens (tertiary/aromatic N) is 9. The first kappa shape index (κ1) is 53.0. The Kier molecular flexibility index (Phi) is 18.4. The van der Waals surface area contributed by atoms with E-state index in [4.69, 9.17) is 65.8 Å². The van der Waals surface area contributed by atoms with Gasteiger partial charge in [0.15, 0.2) is 18.9 Å². The van der Waals surface area contributed by atoms with Gasteiger partial charge in [-0.05, 0) is 6.92 Å². The first-order valence-corrected chi connectivity index (χ1v) is 22.5. The van der Waals surface area contributed by atoms with Crippen LogP contribution in [0.3, 0.4) is 0 Å². The molecule has 4 aliphatic heterocycles. The predicted molar refractivity (Wildman–Crippen MR) is 218 cm³/mol. The lowest BCUT2D eigenvalue weighted by Crippen LogP contribution is -2.61. The van der Waals surface area contributed by atoms with Crippen LogP contribution in [-0.4, -0.2) is 249 Å². The second-order valence-electron chi connectivity index (χ2n) is 16.5. The second-order valence-corrected chi connectivity index (χ2v) is 17.3. The Morgan fingerprint density at radius 2 is 1.03 bits per heavy atom. The van der Waals surface area contributed by atoms with E-state index in [1.54, 1.807) is 6.20 Å². The van der Waals surface area contributed by atoms with Crippen LogP contribution in [-0.2, 0) is 82.1 Å². The molecule has 4 fully saturated rings. The van der Waals surface area contributed by atoms with Crippen molar-refractivity contribution in [1.29, 1.82) is 0 Å². The number of ether oxygens (including phenoxy) is 9. The molecule has 3 aromatic rings. The third-order valence-electron chi connectivity index (χ3n) is 11.6. The van der Waals surface area contributed by atoms with Gasteiger partial charge < -0.3 is 98.8 Å². The first-order valence-electron chi connectivity index (χ1n) is 21.6. The Morgan fingerprint density at radius 1 is 0.574 bits per heavy atom. The number of hydrogen-bond acceptors (Lipinski definition) is 26. The summed E-state index contributed by atoms with van der Waals surface area (Å²) in [5.41, 5.74) is 0.901. The van der Waals surface area contributed by atoms with Crippen molar-refractivity contribution < 1.29 is 98.8 Å². The van der Waals surface area contributed by atoms with Crippen molar-refractivity contribution in [3.05, 3.63) is 35.7 Å². The number of aliphatic hydroxyl groups is 11.